The Bertz CT molecular complexity index is 3250. The number of fused-ring (bicyclic) bond motifs is 7. The number of rotatable bonds is 6. The normalized spacial score (nSPS) is 11.5. The molecule has 0 atom stereocenters. The minimum Gasteiger partial charge on any atom is -0.310 e. The topological polar surface area (TPSA) is 3.24 Å². The van der Waals surface area contributed by atoms with E-state index in [9.17, 15) is 0 Å². The zero-order valence-corrected chi connectivity index (χ0v) is 31.3. The molecule has 0 bridgehead atoms. The van der Waals surface area contributed by atoms with E-state index in [1.807, 2.05) is 0 Å². The SMILES string of the molecule is c1ccc(-c2ccc(N(c3ccc(-c4ccc5ccccc5c4)cc3)c3ccc(-c4cc5ccccc5c5c4ccc4ccccc45)c4ccccc34)cc2)cc1. The second kappa shape index (κ2) is 13.7. The Balaban J connectivity index is 1.10. The van der Waals surface area contributed by atoms with Gasteiger partial charge in [-0.15, -0.1) is 0 Å². The first kappa shape index (κ1) is 32.9. The molecule has 57 heavy (non-hydrogen) atoms. The van der Waals surface area contributed by atoms with Crippen LogP contribution in [-0.4, -0.2) is 0 Å². The summed E-state index contributed by atoms with van der Waals surface area (Å²) in [6.45, 7) is 0. The third-order valence-corrected chi connectivity index (χ3v) is 11.6. The van der Waals surface area contributed by atoms with Crippen LogP contribution in [-0.2, 0) is 0 Å². The molecule has 0 fully saturated rings. The average molecular weight is 724 g/mol. The maximum absolute atomic E-state index is 2.41. The van der Waals surface area contributed by atoms with Crippen LogP contribution in [0.15, 0.2) is 224 Å². The van der Waals surface area contributed by atoms with Gasteiger partial charge in [0.2, 0.25) is 0 Å². The van der Waals surface area contributed by atoms with Crippen molar-refractivity contribution in [2.24, 2.45) is 0 Å². The van der Waals surface area contributed by atoms with Crippen molar-refractivity contribution < 1.29 is 0 Å². The number of nitrogens with zero attached hydrogens (tertiary/aromatic N) is 1. The van der Waals surface area contributed by atoms with Crippen molar-refractivity contribution in [3.8, 4) is 33.4 Å². The summed E-state index contributed by atoms with van der Waals surface area (Å²) < 4.78 is 0. The smallest absolute Gasteiger partial charge is 0.0540 e. The van der Waals surface area contributed by atoms with Crippen LogP contribution in [0.25, 0.3) is 87.2 Å². The summed E-state index contributed by atoms with van der Waals surface area (Å²) in [6, 6.07) is 82.1. The minimum atomic E-state index is 1.10. The van der Waals surface area contributed by atoms with Gasteiger partial charge >= 0.3 is 0 Å². The summed E-state index contributed by atoms with van der Waals surface area (Å²) in [6.07, 6.45) is 0. The fourth-order valence-corrected chi connectivity index (χ4v) is 8.84. The Morgan fingerprint density at radius 1 is 0.246 bits per heavy atom. The van der Waals surface area contributed by atoms with Gasteiger partial charge in [-0.1, -0.05) is 182 Å². The average Bonchev–Trinajstić information content (AvgIpc) is 3.29. The first-order valence-corrected chi connectivity index (χ1v) is 19.7. The highest BCUT2D eigenvalue weighted by Gasteiger charge is 2.20. The molecular weight excluding hydrogens is 687 g/mol. The van der Waals surface area contributed by atoms with Gasteiger partial charge in [-0.05, 0) is 124 Å². The molecular formula is C56H37N. The Labute approximate surface area is 332 Å². The predicted octanol–water partition coefficient (Wildman–Crippen LogP) is 15.9. The number of hydrogen-bond acceptors (Lipinski definition) is 1. The van der Waals surface area contributed by atoms with E-state index in [0.717, 1.165) is 17.1 Å². The number of anilines is 3. The first-order chi connectivity index (χ1) is 28.3. The van der Waals surface area contributed by atoms with E-state index in [0.29, 0.717) is 0 Å². The lowest BCUT2D eigenvalue weighted by molar-refractivity contribution is 1.30. The Kier molecular flexibility index (Phi) is 7.89. The van der Waals surface area contributed by atoms with Crippen molar-refractivity contribution in [3.63, 3.8) is 0 Å². The van der Waals surface area contributed by atoms with Gasteiger partial charge < -0.3 is 4.90 Å². The third kappa shape index (κ3) is 5.72. The maximum Gasteiger partial charge on any atom is 0.0540 e. The fraction of sp³-hybridized carbons (Fsp3) is 0. The van der Waals surface area contributed by atoms with Crippen molar-refractivity contribution in [3.05, 3.63) is 224 Å². The Morgan fingerprint density at radius 2 is 0.754 bits per heavy atom. The lowest BCUT2D eigenvalue weighted by Crippen LogP contribution is -2.10. The van der Waals surface area contributed by atoms with Crippen LogP contribution < -0.4 is 4.90 Å². The Hall–Kier alpha value is -7.48. The highest BCUT2D eigenvalue weighted by atomic mass is 15.1. The van der Waals surface area contributed by atoms with E-state index in [1.54, 1.807) is 0 Å². The highest BCUT2D eigenvalue weighted by Crippen LogP contribution is 2.46. The van der Waals surface area contributed by atoms with Crippen LogP contribution in [0, 0.1) is 0 Å². The van der Waals surface area contributed by atoms with Crippen molar-refractivity contribution in [1.82, 2.24) is 0 Å². The molecule has 0 aliphatic rings. The molecule has 266 valence electrons. The summed E-state index contributed by atoms with van der Waals surface area (Å²) in [5.74, 6) is 0. The van der Waals surface area contributed by atoms with Crippen LogP contribution in [0.5, 0.6) is 0 Å². The maximum atomic E-state index is 2.41. The summed E-state index contributed by atoms with van der Waals surface area (Å²) in [5.41, 5.74) is 10.6. The standard InChI is InChI=1S/C56H37N/c1-2-12-38(13-3-1)40-24-29-46(30-25-40)57(47-31-26-41(27-32-47)44-23-22-39-14-4-5-16-43(39)36-44)55-35-34-51(50-20-10-11-21-52(50)55)54-37-45-17-7-9-19-49(45)56-48-18-8-6-15-42(48)28-33-53(54)56/h1-37H. The van der Waals surface area contributed by atoms with Crippen molar-refractivity contribution >= 4 is 70.9 Å². The van der Waals surface area contributed by atoms with Crippen LogP contribution in [0.1, 0.15) is 0 Å². The number of benzene rings is 11. The summed E-state index contributed by atoms with van der Waals surface area (Å²) in [4.78, 5) is 2.41. The molecule has 11 aromatic rings. The van der Waals surface area contributed by atoms with Gasteiger partial charge in [0.1, 0.15) is 0 Å². The molecule has 0 N–H and O–H groups in total. The van der Waals surface area contributed by atoms with Crippen LogP contribution in [0.4, 0.5) is 17.1 Å². The van der Waals surface area contributed by atoms with E-state index in [2.05, 4.69) is 229 Å². The third-order valence-electron chi connectivity index (χ3n) is 11.6. The molecule has 1 nitrogen and oxygen atoms in total. The van der Waals surface area contributed by atoms with Gasteiger partial charge in [0, 0.05) is 16.8 Å². The van der Waals surface area contributed by atoms with E-state index < -0.39 is 0 Å². The van der Waals surface area contributed by atoms with E-state index in [-0.39, 0.29) is 0 Å². The quantitative estimate of drug-likeness (QED) is 0.154. The molecule has 0 radical (unpaired) electrons. The molecule has 0 aliphatic carbocycles. The van der Waals surface area contributed by atoms with Gasteiger partial charge in [0.15, 0.2) is 0 Å². The molecule has 0 aliphatic heterocycles. The molecule has 11 aromatic carbocycles. The van der Waals surface area contributed by atoms with Gasteiger partial charge in [-0.2, -0.15) is 0 Å². The lowest BCUT2D eigenvalue weighted by atomic mass is 9.88. The largest absolute Gasteiger partial charge is 0.310 e. The van der Waals surface area contributed by atoms with Gasteiger partial charge in [-0.3, -0.25) is 0 Å². The molecule has 1 heteroatoms. The first-order valence-electron chi connectivity index (χ1n) is 19.7. The molecule has 0 heterocycles. The summed E-state index contributed by atoms with van der Waals surface area (Å²) >= 11 is 0. The molecule has 0 spiro atoms. The van der Waals surface area contributed by atoms with Crippen molar-refractivity contribution in [2.45, 2.75) is 0 Å². The molecule has 0 unspecified atom stereocenters. The molecule has 0 saturated heterocycles. The van der Waals surface area contributed by atoms with E-state index >= 15 is 0 Å². The zero-order valence-electron chi connectivity index (χ0n) is 31.3. The monoisotopic (exact) mass is 723 g/mol. The van der Waals surface area contributed by atoms with Crippen molar-refractivity contribution in [2.75, 3.05) is 4.90 Å². The molecule has 0 saturated carbocycles. The second-order valence-electron chi connectivity index (χ2n) is 14.9. The number of hydrogen-bond donors (Lipinski definition) is 0. The lowest BCUT2D eigenvalue weighted by Gasteiger charge is -2.28. The van der Waals surface area contributed by atoms with Gasteiger partial charge in [0.25, 0.3) is 0 Å². The van der Waals surface area contributed by atoms with Crippen molar-refractivity contribution in [1.29, 1.82) is 0 Å². The van der Waals surface area contributed by atoms with Gasteiger partial charge in [-0.25, -0.2) is 0 Å². The van der Waals surface area contributed by atoms with Crippen LogP contribution in [0.2, 0.25) is 0 Å². The molecule has 0 aromatic heterocycles. The van der Waals surface area contributed by atoms with Crippen LogP contribution >= 0.6 is 0 Å². The fourth-order valence-electron chi connectivity index (χ4n) is 8.84. The molecule has 0 amide bonds. The van der Waals surface area contributed by atoms with E-state index in [1.165, 1.54) is 87.2 Å². The van der Waals surface area contributed by atoms with Gasteiger partial charge in [0.05, 0.1) is 5.69 Å². The highest BCUT2D eigenvalue weighted by molar-refractivity contribution is 6.25. The summed E-state index contributed by atoms with van der Waals surface area (Å²) in [7, 11) is 0. The van der Waals surface area contributed by atoms with Crippen LogP contribution in [0.3, 0.4) is 0 Å². The minimum absolute atomic E-state index is 1.10. The second-order valence-corrected chi connectivity index (χ2v) is 14.9. The van der Waals surface area contributed by atoms with E-state index in [4.69, 9.17) is 0 Å². The predicted molar refractivity (Wildman–Crippen MR) is 245 cm³/mol. The zero-order chi connectivity index (χ0) is 37.7. The molecule has 11 rings (SSSR count). The Morgan fingerprint density at radius 3 is 1.47 bits per heavy atom. The summed E-state index contributed by atoms with van der Waals surface area (Å²) in [5, 5.41) is 12.6.